The van der Waals surface area contributed by atoms with Gasteiger partial charge in [-0.3, -0.25) is 9.59 Å². The van der Waals surface area contributed by atoms with Gasteiger partial charge in [-0.2, -0.15) is 5.10 Å². The Morgan fingerprint density at radius 1 is 1.11 bits per heavy atom. The number of halogens is 1. The fraction of sp³-hybridized carbons (Fsp3) is 0.286. The largest absolute Gasteiger partial charge is 0.480 e. The van der Waals surface area contributed by atoms with E-state index in [0.717, 1.165) is 11.3 Å². The molecule has 2 aromatic rings. The first-order chi connectivity index (χ1) is 13.4. The maximum atomic E-state index is 12.7. The molecule has 0 fully saturated rings. The Labute approximate surface area is 169 Å². The fourth-order valence-electron chi connectivity index (χ4n) is 2.99. The van der Waals surface area contributed by atoms with Gasteiger partial charge in [0.25, 0.3) is 5.91 Å². The summed E-state index contributed by atoms with van der Waals surface area (Å²) >= 11 is 6.18. The molecular weight excluding hydrogens is 378 g/mol. The van der Waals surface area contributed by atoms with Crippen LogP contribution in [0.3, 0.4) is 0 Å². The van der Waals surface area contributed by atoms with E-state index in [-0.39, 0.29) is 12.8 Å². The van der Waals surface area contributed by atoms with Gasteiger partial charge in [-0.15, -0.1) is 0 Å². The highest BCUT2D eigenvalue weighted by molar-refractivity contribution is 6.31. The first-order valence-corrected chi connectivity index (χ1v) is 9.42. The van der Waals surface area contributed by atoms with E-state index in [1.54, 1.807) is 33.0 Å². The molecule has 3 N–H and O–H groups in total. The first-order valence-electron chi connectivity index (χ1n) is 9.04. The Kier molecular flexibility index (Phi) is 7.18. The van der Waals surface area contributed by atoms with Crippen molar-refractivity contribution < 1.29 is 14.7 Å². The molecule has 0 bridgehead atoms. The molecule has 0 aliphatic heterocycles. The minimum Gasteiger partial charge on any atom is -0.480 e. The van der Waals surface area contributed by atoms with Gasteiger partial charge in [0.1, 0.15) is 5.41 Å². The Balaban J connectivity index is 2.54. The number of hydrogen-bond donors (Lipinski definition) is 3. The second kappa shape index (κ2) is 9.37. The Bertz CT molecular complexity index is 878. The summed E-state index contributed by atoms with van der Waals surface area (Å²) in [5, 5.41) is 17.5. The zero-order chi connectivity index (χ0) is 20.7. The number of carboxylic acids is 1. The highest BCUT2D eigenvalue weighted by Gasteiger charge is 2.43. The predicted molar refractivity (Wildman–Crippen MR) is 112 cm³/mol. The lowest BCUT2D eigenvalue weighted by molar-refractivity contribution is -0.156. The van der Waals surface area contributed by atoms with Crippen LogP contribution in [0.4, 0.5) is 5.69 Å². The number of nitrogens with one attached hydrogen (secondary N) is 2. The molecule has 1 amide bonds. The molecule has 0 aromatic heterocycles. The van der Waals surface area contributed by atoms with Crippen LogP contribution in [0.1, 0.15) is 37.8 Å². The lowest BCUT2D eigenvalue weighted by atomic mass is 9.82. The van der Waals surface area contributed by atoms with E-state index < -0.39 is 17.3 Å². The molecule has 0 spiro atoms. The molecule has 0 aliphatic rings. The lowest BCUT2D eigenvalue weighted by Crippen LogP contribution is -2.44. The summed E-state index contributed by atoms with van der Waals surface area (Å²) in [6.07, 6.45) is 0.333. The molecule has 0 saturated heterocycles. The van der Waals surface area contributed by atoms with Crippen molar-refractivity contribution >= 4 is 34.9 Å². The van der Waals surface area contributed by atoms with Gasteiger partial charge in [0.05, 0.1) is 5.71 Å². The van der Waals surface area contributed by atoms with E-state index in [9.17, 15) is 14.7 Å². The quantitative estimate of drug-likeness (QED) is 0.352. The van der Waals surface area contributed by atoms with Crippen molar-refractivity contribution in [2.75, 3.05) is 12.4 Å². The van der Waals surface area contributed by atoms with Crippen molar-refractivity contribution in [2.24, 2.45) is 10.5 Å². The van der Waals surface area contributed by atoms with Crippen LogP contribution < -0.4 is 10.7 Å². The number of aliphatic carboxylic acids is 1. The molecule has 0 saturated carbocycles. The highest BCUT2D eigenvalue weighted by atomic mass is 35.5. The first kappa shape index (κ1) is 21.4. The van der Waals surface area contributed by atoms with Crippen molar-refractivity contribution in [3.05, 3.63) is 64.7 Å². The highest BCUT2D eigenvalue weighted by Crippen LogP contribution is 2.28. The Hall–Kier alpha value is -2.86. The Morgan fingerprint density at radius 3 is 2.29 bits per heavy atom. The monoisotopic (exact) mass is 401 g/mol. The molecule has 2 rings (SSSR count). The standard InChI is InChI=1S/C21H24ClN3O3/c1-4-21(5-2,20(27)28)19(26)25-24-18(14-9-7-6-8-10-14)16-13-15(22)11-12-17(16)23-3/h6-13,23H,4-5H2,1-3H3,(H,25,26)(H,27,28). The smallest absolute Gasteiger partial charge is 0.319 e. The van der Waals surface area contributed by atoms with Crippen LogP contribution in [0.2, 0.25) is 5.02 Å². The molecular formula is C21H24ClN3O3. The zero-order valence-corrected chi connectivity index (χ0v) is 16.9. The second-order valence-electron chi connectivity index (χ2n) is 6.30. The van der Waals surface area contributed by atoms with Crippen LogP contribution in [0.25, 0.3) is 0 Å². The van der Waals surface area contributed by atoms with Gasteiger partial charge in [0.2, 0.25) is 0 Å². The molecule has 0 atom stereocenters. The molecule has 0 heterocycles. The predicted octanol–water partition coefficient (Wildman–Crippen LogP) is 4.14. The summed E-state index contributed by atoms with van der Waals surface area (Å²) in [6.45, 7) is 3.35. The van der Waals surface area contributed by atoms with Crippen molar-refractivity contribution in [1.29, 1.82) is 0 Å². The fourth-order valence-corrected chi connectivity index (χ4v) is 3.16. The van der Waals surface area contributed by atoms with Crippen molar-refractivity contribution in [3.8, 4) is 0 Å². The van der Waals surface area contributed by atoms with Crippen molar-refractivity contribution in [1.82, 2.24) is 5.43 Å². The van der Waals surface area contributed by atoms with Crippen LogP contribution in [-0.4, -0.2) is 29.7 Å². The second-order valence-corrected chi connectivity index (χ2v) is 6.74. The maximum absolute atomic E-state index is 12.7. The number of nitrogens with zero attached hydrogens (tertiary/aromatic N) is 1. The summed E-state index contributed by atoms with van der Waals surface area (Å²) in [5.74, 6) is -1.81. The van der Waals surface area contributed by atoms with E-state index in [4.69, 9.17) is 11.6 Å². The molecule has 6 nitrogen and oxygen atoms in total. The number of hydrazone groups is 1. The number of carbonyl (C=O) groups is 2. The van der Waals surface area contributed by atoms with Gasteiger partial charge in [0, 0.05) is 28.9 Å². The summed E-state index contributed by atoms with van der Waals surface area (Å²) in [7, 11) is 1.78. The number of carbonyl (C=O) groups excluding carboxylic acids is 1. The van der Waals surface area contributed by atoms with Gasteiger partial charge < -0.3 is 10.4 Å². The number of anilines is 1. The normalized spacial score (nSPS) is 11.8. The molecule has 0 radical (unpaired) electrons. The van der Waals surface area contributed by atoms with Crippen LogP contribution in [0.5, 0.6) is 0 Å². The molecule has 0 unspecified atom stereocenters. The third-order valence-electron chi connectivity index (χ3n) is 4.87. The van der Waals surface area contributed by atoms with Crippen molar-refractivity contribution in [3.63, 3.8) is 0 Å². The van der Waals surface area contributed by atoms with E-state index in [0.29, 0.717) is 16.3 Å². The minimum absolute atomic E-state index is 0.166. The topological polar surface area (TPSA) is 90.8 Å². The maximum Gasteiger partial charge on any atom is 0.319 e. The molecule has 0 aliphatic carbocycles. The average Bonchev–Trinajstić information content (AvgIpc) is 2.70. The zero-order valence-electron chi connectivity index (χ0n) is 16.1. The molecule has 28 heavy (non-hydrogen) atoms. The lowest BCUT2D eigenvalue weighted by Gasteiger charge is -2.24. The van der Waals surface area contributed by atoms with Gasteiger partial charge >= 0.3 is 5.97 Å². The number of carboxylic acid groups (broad SMARTS) is 1. The van der Waals surface area contributed by atoms with Gasteiger partial charge in [0.15, 0.2) is 0 Å². The van der Waals surface area contributed by atoms with E-state index in [1.807, 2.05) is 36.4 Å². The Morgan fingerprint density at radius 2 is 1.75 bits per heavy atom. The number of benzene rings is 2. The summed E-state index contributed by atoms with van der Waals surface area (Å²) in [4.78, 5) is 24.4. The third kappa shape index (κ3) is 4.34. The van der Waals surface area contributed by atoms with Crippen LogP contribution in [0.15, 0.2) is 53.6 Å². The number of rotatable bonds is 8. The van der Waals surface area contributed by atoms with E-state index >= 15 is 0 Å². The van der Waals surface area contributed by atoms with E-state index in [2.05, 4.69) is 15.8 Å². The van der Waals surface area contributed by atoms with Crippen LogP contribution >= 0.6 is 11.6 Å². The van der Waals surface area contributed by atoms with Crippen molar-refractivity contribution in [2.45, 2.75) is 26.7 Å². The number of amides is 1. The molecule has 7 heteroatoms. The van der Waals surface area contributed by atoms with Gasteiger partial charge in [-0.1, -0.05) is 55.8 Å². The summed E-state index contributed by atoms with van der Waals surface area (Å²) in [5.41, 5.74) is 3.65. The molecule has 2 aromatic carbocycles. The van der Waals surface area contributed by atoms with Crippen LogP contribution in [-0.2, 0) is 9.59 Å². The van der Waals surface area contributed by atoms with Gasteiger partial charge in [-0.25, -0.2) is 5.43 Å². The summed E-state index contributed by atoms with van der Waals surface area (Å²) in [6, 6.07) is 14.6. The van der Waals surface area contributed by atoms with E-state index in [1.165, 1.54) is 0 Å². The SMILES string of the molecule is CCC(CC)(C(=O)O)C(=O)NN=C(c1ccccc1)c1cc(Cl)ccc1NC. The molecule has 148 valence electrons. The van der Waals surface area contributed by atoms with Gasteiger partial charge in [-0.05, 0) is 31.0 Å². The van der Waals surface area contributed by atoms with Crippen LogP contribution in [0, 0.1) is 5.41 Å². The third-order valence-corrected chi connectivity index (χ3v) is 5.11. The minimum atomic E-state index is -1.52. The number of hydrogen-bond acceptors (Lipinski definition) is 4. The average molecular weight is 402 g/mol. The summed E-state index contributed by atoms with van der Waals surface area (Å²) < 4.78 is 0.